The topological polar surface area (TPSA) is 129 Å². The fraction of sp³-hybridized carbons (Fsp3) is 0.448. The normalized spacial score (nSPS) is 17.4. The summed E-state index contributed by atoms with van der Waals surface area (Å²) in [6, 6.07) is 14.8. The molecular weight excluding hydrogens is 550 g/mol. The van der Waals surface area contributed by atoms with E-state index < -0.39 is 21.6 Å². The van der Waals surface area contributed by atoms with Crippen molar-refractivity contribution in [2.75, 3.05) is 30.2 Å². The van der Waals surface area contributed by atoms with E-state index in [9.17, 15) is 18.0 Å². The molecule has 5 rings (SSSR count). The molecule has 1 saturated heterocycles. The molecule has 11 heteroatoms. The average Bonchev–Trinajstić information content (AvgIpc) is 3.42. The minimum absolute atomic E-state index is 0. The van der Waals surface area contributed by atoms with Crippen molar-refractivity contribution in [1.82, 2.24) is 15.2 Å². The number of nitrogens with one attached hydrogen (secondary N) is 2. The molecule has 2 aliphatic rings. The third-order valence-corrected chi connectivity index (χ3v) is 9.10. The lowest BCUT2D eigenvalue weighted by molar-refractivity contribution is -0.138. The zero-order chi connectivity index (χ0) is 28.0. The number of carbonyl (C=O) groups is 2. The van der Waals surface area contributed by atoms with E-state index in [1.54, 1.807) is 13.8 Å². The van der Waals surface area contributed by atoms with E-state index in [1.165, 1.54) is 10.6 Å². The second-order valence-corrected chi connectivity index (χ2v) is 13.6. The third-order valence-electron chi connectivity index (χ3n) is 7.97. The minimum atomic E-state index is -3.42. The number of nitrogens with zero attached hydrogens (tertiary/aromatic N) is 2. The Morgan fingerprint density at radius 2 is 1.75 bits per heavy atom. The van der Waals surface area contributed by atoms with Crippen LogP contribution < -0.4 is 15.4 Å². The van der Waals surface area contributed by atoms with Crippen molar-refractivity contribution in [3.8, 4) is 0 Å². The fourth-order valence-corrected chi connectivity index (χ4v) is 7.06. The molecule has 3 heterocycles. The number of amides is 2. The first-order valence-electron chi connectivity index (χ1n) is 13.4. The highest BCUT2D eigenvalue weighted by Crippen LogP contribution is 2.47. The van der Waals surface area contributed by atoms with Gasteiger partial charge < -0.3 is 20.9 Å². The number of aromatic amines is 1. The Kier molecular flexibility index (Phi) is 8.27. The molecule has 1 fully saturated rings. The van der Waals surface area contributed by atoms with Crippen LogP contribution in [0.3, 0.4) is 0 Å². The van der Waals surface area contributed by atoms with Crippen LogP contribution in [0, 0.1) is 0 Å². The Hall–Kier alpha value is -3.08. The number of halogens is 1. The van der Waals surface area contributed by atoms with Gasteiger partial charge in [-0.25, -0.2) is 8.42 Å². The van der Waals surface area contributed by atoms with Crippen molar-refractivity contribution in [2.24, 2.45) is 5.73 Å². The van der Waals surface area contributed by atoms with Crippen molar-refractivity contribution >= 4 is 50.8 Å². The van der Waals surface area contributed by atoms with E-state index in [4.69, 9.17) is 5.73 Å². The van der Waals surface area contributed by atoms with Gasteiger partial charge in [0.15, 0.2) is 0 Å². The van der Waals surface area contributed by atoms with Gasteiger partial charge in [-0.2, -0.15) is 0 Å². The van der Waals surface area contributed by atoms with Gasteiger partial charge in [-0.1, -0.05) is 36.4 Å². The summed E-state index contributed by atoms with van der Waals surface area (Å²) in [7, 11) is -3.42. The molecule has 0 aliphatic carbocycles. The molecular formula is C29H38ClN5O4S. The van der Waals surface area contributed by atoms with Gasteiger partial charge in [0.25, 0.3) is 0 Å². The SMILES string of the molecule is CC(C)(N)CC(=O)NC(Cc1c[nH]c2ccccc12)C(=O)N1CCC2(CC1)CN(S(C)(=O)=O)c1ccccc12.Cl. The van der Waals surface area contributed by atoms with Gasteiger partial charge in [-0.3, -0.25) is 13.9 Å². The van der Waals surface area contributed by atoms with E-state index in [-0.39, 0.29) is 36.1 Å². The maximum atomic E-state index is 13.9. The molecule has 2 aliphatic heterocycles. The van der Waals surface area contributed by atoms with E-state index in [0.29, 0.717) is 38.9 Å². The van der Waals surface area contributed by atoms with E-state index in [0.717, 1.165) is 27.7 Å². The summed E-state index contributed by atoms with van der Waals surface area (Å²) in [6.45, 7) is 4.91. The number of hydrogen-bond acceptors (Lipinski definition) is 5. The van der Waals surface area contributed by atoms with Gasteiger partial charge in [0, 0.05) is 60.5 Å². The first-order chi connectivity index (χ1) is 18.4. The number of likely N-dealkylation sites (tertiary alicyclic amines) is 1. The molecule has 1 unspecified atom stereocenters. The highest BCUT2D eigenvalue weighted by molar-refractivity contribution is 7.92. The van der Waals surface area contributed by atoms with Crippen molar-refractivity contribution in [1.29, 1.82) is 0 Å². The van der Waals surface area contributed by atoms with Crippen molar-refractivity contribution < 1.29 is 18.0 Å². The van der Waals surface area contributed by atoms with Gasteiger partial charge in [0.1, 0.15) is 6.04 Å². The first-order valence-corrected chi connectivity index (χ1v) is 15.2. The summed E-state index contributed by atoms with van der Waals surface area (Å²) < 4.78 is 26.6. The van der Waals surface area contributed by atoms with Crippen molar-refractivity contribution in [3.05, 3.63) is 65.9 Å². The van der Waals surface area contributed by atoms with Crippen LogP contribution in [-0.2, 0) is 31.4 Å². The summed E-state index contributed by atoms with van der Waals surface area (Å²) in [5.41, 5.74) is 8.73. The zero-order valence-electron chi connectivity index (χ0n) is 23.1. The molecule has 1 spiro atoms. The van der Waals surface area contributed by atoms with Gasteiger partial charge in [-0.05, 0) is 49.9 Å². The zero-order valence-corrected chi connectivity index (χ0v) is 24.8. The van der Waals surface area contributed by atoms with Crippen LogP contribution in [0.5, 0.6) is 0 Å². The Morgan fingerprint density at radius 3 is 2.42 bits per heavy atom. The fourth-order valence-electron chi connectivity index (χ4n) is 6.06. The Morgan fingerprint density at radius 1 is 1.10 bits per heavy atom. The van der Waals surface area contributed by atoms with Gasteiger partial charge in [0.2, 0.25) is 21.8 Å². The number of sulfonamides is 1. The summed E-state index contributed by atoms with van der Waals surface area (Å²) in [6.07, 6.45) is 4.88. The molecule has 2 aromatic carbocycles. The highest BCUT2D eigenvalue weighted by Gasteiger charge is 2.47. The van der Waals surface area contributed by atoms with E-state index in [2.05, 4.69) is 10.3 Å². The number of nitrogens with two attached hydrogens (primary N) is 1. The maximum absolute atomic E-state index is 13.9. The van der Waals surface area contributed by atoms with Gasteiger partial charge >= 0.3 is 0 Å². The summed E-state index contributed by atoms with van der Waals surface area (Å²) in [5.74, 6) is -0.396. The monoisotopic (exact) mass is 587 g/mol. The molecule has 0 saturated carbocycles. The number of hydrogen-bond donors (Lipinski definition) is 3. The Bertz CT molecular complexity index is 1510. The Balaban J connectivity index is 0.00000370. The molecule has 0 radical (unpaired) electrons. The molecule has 1 aromatic heterocycles. The molecule has 1 atom stereocenters. The lowest BCUT2D eigenvalue weighted by atomic mass is 9.74. The number of piperidine rings is 1. The van der Waals surface area contributed by atoms with Crippen LogP contribution in [0.2, 0.25) is 0 Å². The van der Waals surface area contributed by atoms with Crippen LogP contribution in [0.15, 0.2) is 54.7 Å². The molecule has 3 aromatic rings. The smallest absolute Gasteiger partial charge is 0.245 e. The van der Waals surface area contributed by atoms with Crippen LogP contribution in [0.4, 0.5) is 5.69 Å². The lowest BCUT2D eigenvalue weighted by Crippen LogP contribution is -2.55. The number of fused-ring (bicyclic) bond motifs is 3. The highest BCUT2D eigenvalue weighted by atomic mass is 35.5. The van der Waals surface area contributed by atoms with Gasteiger partial charge in [0.05, 0.1) is 11.9 Å². The number of para-hydroxylation sites is 2. The average molecular weight is 588 g/mol. The maximum Gasteiger partial charge on any atom is 0.245 e. The van der Waals surface area contributed by atoms with Crippen molar-refractivity contribution in [2.45, 2.75) is 56.5 Å². The Labute approximate surface area is 241 Å². The number of benzene rings is 2. The predicted octanol–water partition coefficient (Wildman–Crippen LogP) is 3.08. The summed E-state index contributed by atoms with van der Waals surface area (Å²) >= 11 is 0. The molecule has 216 valence electrons. The van der Waals surface area contributed by atoms with E-state index in [1.807, 2.05) is 59.6 Å². The summed E-state index contributed by atoms with van der Waals surface area (Å²) in [4.78, 5) is 31.8. The van der Waals surface area contributed by atoms with Crippen LogP contribution in [-0.4, -0.2) is 67.6 Å². The predicted molar refractivity (Wildman–Crippen MR) is 160 cm³/mol. The number of aromatic nitrogens is 1. The standard InChI is InChI=1S/C29H37N5O4S.ClH/c1-28(2,30)17-26(35)32-24(16-20-18-31-23-10-6-4-8-21(20)23)27(36)33-14-12-29(13-15-33)19-34(39(3,37)38)25-11-7-5-9-22(25)29;/h4-11,18,24,31H,12-17,19,30H2,1-3H3,(H,32,35);1H. The minimum Gasteiger partial charge on any atom is -0.361 e. The molecule has 0 bridgehead atoms. The third kappa shape index (κ3) is 5.99. The van der Waals surface area contributed by atoms with Crippen LogP contribution >= 0.6 is 12.4 Å². The van der Waals surface area contributed by atoms with Gasteiger partial charge in [-0.15, -0.1) is 12.4 Å². The summed E-state index contributed by atoms with van der Waals surface area (Å²) in [5, 5.41) is 3.98. The second-order valence-electron chi connectivity index (χ2n) is 11.7. The molecule has 9 nitrogen and oxygen atoms in total. The molecule has 40 heavy (non-hydrogen) atoms. The van der Waals surface area contributed by atoms with E-state index >= 15 is 0 Å². The number of H-pyrrole nitrogens is 1. The number of carbonyl (C=O) groups excluding carboxylic acids is 2. The molecule has 4 N–H and O–H groups in total. The number of anilines is 1. The lowest BCUT2D eigenvalue weighted by Gasteiger charge is -2.41. The van der Waals surface area contributed by atoms with Crippen LogP contribution in [0.1, 0.15) is 44.2 Å². The van der Waals surface area contributed by atoms with Crippen LogP contribution in [0.25, 0.3) is 10.9 Å². The molecule has 2 amide bonds. The largest absolute Gasteiger partial charge is 0.361 e. The number of rotatable bonds is 7. The van der Waals surface area contributed by atoms with Crippen molar-refractivity contribution in [3.63, 3.8) is 0 Å². The first kappa shape index (κ1) is 29.9. The second kappa shape index (κ2) is 11.1. The quantitative estimate of drug-likeness (QED) is 0.391.